The second kappa shape index (κ2) is 12.1. The van der Waals surface area contributed by atoms with Crippen LogP contribution >= 0.6 is 0 Å². The quantitative estimate of drug-likeness (QED) is 0.206. The molecule has 8 nitrogen and oxygen atoms in total. The van der Waals surface area contributed by atoms with E-state index < -0.39 is 5.82 Å². The van der Waals surface area contributed by atoms with Crippen LogP contribution in [0.1, 0.15) is 57.3 Å². The molecule has 246 valence electrons. The molecule has 8 rings (SSSR count). The second-order valence-electron chi connectivity index (χ2n) is 13.1. The van der Waals surface area contributed by atoms with Crippen LogP contribution in [0, 0.1) is 5.82 Å². The zero-order valence-electron chi connectivity index (χ0n) is 27.4. The molecule has 3 aromatic carbocycles. The highest BCUT2D eigenvalue weighted by molar-refractivity contribution is 6.13. The van der Waals surface area contributed by atoms with Crippen molar-refractivity contribution < 1.29 is 19.1 Å². The van der Waals surface area contributed by atoms with Crippen LogP contribution in [0.15, 0.2) is 97.3 Å². The lowest BCUT2D eigenvalue weighted by Crippen LogP contribution is -2.42. The maximum Gasteiger partial charge on any atom is 0.264 e. The van der Waals surface area contributed by atoms with Crippen molar-refractivity contribution in [2.75, 3.05) is 4.90 Å². The van der Waals surface area contributed by atoms with Crippen LogP contribution in [-0.2, 0) is 33.0 Å². The number of rotatable bonds is 5. The summed E-state index contributed by atoms with van der Waals surface area (Å²) in [5, 5.41) is 10.9. The summed E-state index contributed by atoms with van der Waals surface area (Å²) in [4.78, 5) is 37.3. The van der Waals surface area contributed by atoms with Crippen LogP contribution in [0.3, 0.4) is 0 Å². The van der Waals surface area contributed by atoms with Crippen LogP contribution in [0.5, 0.6) is 5.75 Å². The van der Waals surface area contributed by atoms with Gasteiger partial charge in [0.2, 0.25) is 0 Å². The average Bonchev–Trinajstić information content (AvgIpc) is 3.69. The Morgan fingerprint density at radius 3 is 2.53 bits per heavy atom. The molecule has 0 saturated carbocycles. The van der Waals surface area contributed by atoms with Gasteiger partial charge in [0.15, 0.2) is 0 Å². The molecule has 2 aliphatic rings. The van der Waals surface area contributed by atoms with E-state index in [4.69, 9.17) is 0 Å². The van der Waals surface area contributed by atoms with Gasteiger partial charge in [0.1, 0.15) is 17.2 Å². The zero-order chi connectivity index (χ0) is 33.8. The minimum atomic E-state index is -0.448. The molecule has 3 aromatic heterocycles. The van der Waals surface area contributed by atoms with Gasteiger partial charge in [0.05, 0.1) is 17.4 Å². The van der Waals surface area contributed by atoms with Crippen molar-refractivity contribution in [1.82, 2.24) is 19.0 Å². The minimum Gasteiger partial charge on any atom is -0.508 e. The molecule has 0 saturated heterocycles. The van der Waals surface area contributed by atoms with E-state index >= 15 is 4.39 Å². The largest absolute Gasteiger partial charge is 0.508 e. The van der Waals surface area contributed by atoms with Gasteiger partial charge >= 0.3 is 0 Å². The standard InChI is InChI=1S/C40H36FN5O3/c1-25-19-26-7-3-4-8-28(26)24-45(25)39(48)33-15-10-29(41)21-34(33)37-22-35(36-9-5-6-17-44(36)37)40(49)46(30-11-13-32(47)14-12-30)31-20-27-16-18-43(2)38(27)42-23-31/h3-4,7-8,10-16,18,20-23,25,47H,5-6,9,17,19,24H2,1-2H3/t25-/m1/s1. The Kier molecular flexibility index (Phi) is 7.55. The monoisotopic (exact) mass is 653 g/mol. The highest BCUT2D eigenvalue weighted by Crippen LogP contribution is 2.38. The van der Waals surface area contributed by atoms with Gasteiger partial charge in [-0.1, -0.05) is 24.3 Å². The van der Waals surface area contributed by atoms with Crippen molar-refractivity contribution in [1.29, 1.82) is 0 Å². The highest BCUT2D eigenvalue weighted by Gasteiger charge is 2.33. The highest BCUT2D eigenvalue weighted by atomic mass is 19.1. The first-order chi connectivity index (χ1) is 23.8. The number of aryl methyl sites for hydroxylation is 1. The fraction of sp³-hybridized carbons (Fsp3) is 0.225. The first kappa shape index (κ1) is 30.6. The normalized spacial score (nSPS) is 15.6. The van der Waals surface area contributed by atoms with Crippen LogP contribution in [0.25, 0.3) is 22.3 Å². The summed E-state index contributed by atoms with van der Waals surface area (Å²) in [5.74, 6) is -0.795. The number of phenols is 1. The number of anilines is 2. The van der Waals surface area contributed by atoms with Crippen LogP contribution in [0.2, 0.25) is 0 Å². The summed E-state index contributed by atoms with van der Waals surface area (Å²) >= 11 is 0. The summed E-state index contributed by atoms with van der Waals surface area (Å²) in [6, 6.07) is 24.7. The molecule has 0 radical (unpaired) electrons. The zero-order valence-corrected chi connectivity index (χ0v) is 27.4. The Hall–Kier alpha value is -5.70. The second-order valence-corrected chi connectivity index (χ2v) is 13.1. The minimum absolute atomic E-state index is 0.0342. The number of aromatic hydroxyl groups is 1. The molecule has 9 heteroatoms. The number of aromatic nitrogens is 3. The molecule has 0 fully saturated rings. The summed E-state index contributed by atoms with van der Waals surface area (Å²) in [6.45, 7) is 3.17. The maximum atomic E-state index is 15.1. The van der Waals surface area contributed by atoms with E-state index in [0.29, 0.717) is 53.3 Å². The molecule has 0 unspecified atom stereocenters. The molecule has 1 N–H and O–H groups in total. The van der Waals surface area contributed by atoms with E-state index in [2.05, 4.69) is 21.7 Å². The van der Waals surface area contributed by atoms with Gasteiger partial charge in [-0.25, -0.2) is 9.37 Å². The van der Waals surface area contributed by atoms with Gasteiger partial charge in [-0.05, 0) is 104 Å². The molecule has 2 aliphatic heterocycles. The molecule has 0 aliphatic carbocycles. The van der Waals surface area contributed by atoms with Gasteiger partial charge in [-0.15, -0.1) is 0 Å². The SMILES string of the molecule is C[C@@H]1Cc2ccccc2CN1C(=O)c1ccc(F)cc1-c1cc(C(=O)N(c2ccc(O)cc2)c2cnc3c(ccn3C)c2)c2n1CCCC2. The summed E-state index contributed by atoms with van der Waals surface area (Å²) < 4.78 is 19.1. The van der Waals surface area contributed by atoms with Crippen molar-refractivity contribution in [2.45, 2.75) is 51.7 Å². The predicted molar refractivity (Wildman–Crippen MR) is 188 cm³/mol. The summed E-state index contributed by atoms with van der Waals surface area (Å²) in [5.41, 5.74) is 7.16. The number of hydrogen-bond acceptors (Lipinski definition) is 4. The Morgan fingerprint density at radius 1 is 0.918 bits per heavy atom. The molecular formula is C40H36FN5O3. The van der Waals surface area contributed by atoms with Crippen LogP contribution in [-0.4, -0.2) is 42.0 Å². The van der Waals surface area contributed by atoms with Gasteiger partial charge in [0.25, 0.3) is 11.8 Å². The fourth-order valence-electron chi connectivity index (χ4n) is 7.48. The summed E-state index contributed by atoms with van der Waals surface area (Å²) in [7, 11) is 1.92. The number of carbonyl (C=O) groups excluding carboxylic acids is 2. The third kappa shape index (κ3) is 5.35. The van der Waals surface area contributed by atoms with Crippen molar-refractivity contribution in [3.8, 4) is 17.0 Å². The van der Waals surface area contributed by atoms with E-state index in [1.807, 2.05) is 60.0 Å². The van der Waals surface area contributed by atoms with E-state index in [0.717, 1.165) is 41.6 Å². The van der Waals surface area contributed by atoms with Crippen LogP contribution < -0.4 is 4.90 Å². The lowest BCUT2D eigenvalue weighted by Gasteiger charge is -2.35. The summed E-state index contributed by atoms with van der Waals surface area (Å²) in [6.07, 6.45) is 6.81. The number of fused-ring (bicyclic) bond motifs is 3. The van der Waals surface area contributed by atoms with E-state index in [-0.39, 0.29) is 23.6 Å². The number of carbonyl (C=O) groups is 2. The van der Waals surface area contributed by atoms with Gasteiger partial charge < -0.3 is 19.1 Å². The van der Waals surface area contributed by atoms with Crippen molar-refractivity contribution in [2.24, 2.45) is 7.05 Å². The smallest absolute Gasteiger partial charge is 0.264 e. The van der Waals surface area contributed by atoms with Gasteiger partial charge in [-0.3, -0.25) is 14.5 Å². The average molecular weight is 654 g/mol. The number of pyridine rings is 1. The molecule has 0 bridgehead atoms. The Bertz CT molecular complexity index is 2250. The van der Waals surface area contributed by atoms with E-state index in [1.165, 1.54) is 17.7 Å². The Balaban J connectivity index is 1.24. The first-order valence-electron chi connectivity index (χ1n) is 16.7. The third-order valence-electron chi connectivity index (χ3n) is 10.0. The van der Waals surface area contributed by atoms with Crippen molar-refractivity contribution >= 4 is 34.2 Å². The maximum absolute atomic E-state index is 15.1. The van der Waals surface area contributed by atoms with Crippen LogP contribution in [0.4, 0.5) is 15.8 Å². The molecule has 2 amide bonds. The fourth-order valence-corrected chi connectivity index (χ4v) is 7.48. The Morgan fingerprint density at radius 2 is 1.71 bits per heavy atom. The number of amides is 2. The molecular weight excluding hydrogens is 617 g/mol. The van der Waals surface area contributed by atoms with E-state index in [1.54, 1.807) is 41.4 Å². The predicted octanol–water partition coefficient (Wildman–Crippen LogP) is 7.79. The molecule has 6 aromatic rings. The number of halogens is 1. The number of hydrogen-bond donors (Lipinski definition) is 1. The first-order valence-corrected chi connectivity index (χ1v) is 16.7. The number of phenolic OH excluding ortho intramolecular Hbond substituents is 1. The Labute approximate surface area is 283 Å². The molecule has 0 spiro atoms. The lowest BCUT2D eigenvalue weighted by molar-refractivity contribution is 0.0659. The topological polar surface area (TPSA) is 83.6 Å². The molecule has 49 heavy (non-hydrogen) atoms. The molecule has 5 heterocycles. The number of benzene rings is 3. The van der Waals surface area contributed by atoms with Gasteiger partial charge in [0, 0.05) is 66.0 Å². The molecule has 1 atom stereocenters. The van der Waals surface area contributed by atoms with Crippen molar-refractivity contribution in [3.05, 3.63) is 131 Å². The number of nitrogens with zero attached hydrogens (tertiary/aromatic N) is 5. The van der Waals surface area contributed by atoms with Gasteiger partial charge in [-0.2, -0.15) is 0 Å². The third-order valence-corrected chi connectivity index (χ3v) is 10.0. The lowest BCUT2D eigenvalue weighted by atomic mass is 9.93. The van der Waals surface area contributed by atoms with Crippen molar-refractivity contribution in [3.63, 3.8) is 0 Å². The van der Waals surface area contributed by atoms with E-state index in [9.17, 15) is 14.7 Å².